The van der Waals surface area contributed by atoms with Crippen molar-refractivity contribution in [2.45, 2.75) is 47.1 Å². The highest BCUT2D eigenvalue weighted by Crippen LogP contribution is 2.24. The van der Waals surface area contributed by atoms with Gasteiger partial charge in [-0.05, 0) is 46.6 Å². The van der Waals surface area contributed by atoms with E-state index in [2.05, 4.69) is 51.8 Å². The van der Waals surface area contributed by atoms with Crippen LogP contribution in [0.4, 0.5) is 0 Å². The molecule has 152 valence electrons. The van der Waals surface area contributed by atoms with Gasteiger partial charge in [-0.3, -0.25) is 4.99 Å². The Labute approximate surface area is 171 Å². The fourth-order valence-electron chi connectivity index (χ4n) is 2.63. The highest BCUT2D eigenvalue weighted by Gasteiger charge is 2.20. The second kappa shape index (κ2) is 10.8. The molecule has 1 heterocycles. The molecule has 28 heavy (non-hydrogen) atoms. The van der Waals surface area contributed by atoms with Crippen LogP contribution in [0.2, 0.25) is 0 Å². The monoisotopic (exact) mass is 402 g/mol. The molecule has 1 aromatic heterocycles. The van der Waals surface area contributed by atoms with E-state index in [0.717, 1.165) is 23.9 Å². The molecule has 7 heteroatoms. The standard InChI is InChI=1S/C21H30N4O2S/c1-6-22-21(23-13-12-17-10-8-14(3)9-11-17)25-16(5)19-24-15(4)18(28-19)20(26)27-7-2/h8-11,16H,6-7,12-13H2,1-5H3,(H2,22,23,25). The van der Waals surface area contributed by atoms with Gasteiger partial charge in [0.2, 0.25) is 0 Å². The van der Waals surface area contributed by atoms with Crippen molar-refractivity contribution in [1.29, 1.82) is 0 Å². The van der Waals surface area contributed by atoms with Crippen LogP contribution in [0, 0.1) is 13.8 Å². The molecule has 2 aromatic rings. The molecule has 0 amide bonds. The molecule has 6 nitrogen and oxygen atoms in total. The Hall–Kier alpha value is -2.41. The lowest BCUT2D eigenvalue weighted by atomic mass is 10.1. The van der Waals surface area contributed by atoms with E-state index in [1.165, 1.54) is 22.5 Å². The molecule has 0 saturated carbocycles. The van der Waals surface area contributed by atoms with Crippen molar-refractivity contribution in [3.05, 3.63) is 51.0 Å². The summed E-state index contributed by atoms with van der Waals surface area (Å²) in [4.78, 5) is 21.8. The summed E-state index contributed by atoms with van der Waals surface area (Å²) in [7, 11) is 0. The van der Waals surface area contributed by atoms with Crippen LogP contribution in [0.25, 0.3) is 0 Å². The summed E-state index contributed by atoms with van der Waals surface area (Å²) >= 11 is 1.37. The Bertz CT molecular complexity index is 799. The molecular formula is C21H30N4O2S. The van der Waals surface area contributed by atoms with Crippen LogP contribution in [0.3, 0.4) is 0 Å². The summed E-state index contributed by atoms with van der Waals surface area (Å²) < 4.78 is 5.10. The molecule has 0 aliphatic rings. The maximum atomic E-state index is 12.0. The van der Waals surface area contributed by atoms with Gasteiger partial charge < -0.3 is 15.4 Å². The zero-order valence-corrected chi connectivity index (χ0v) is 18.2. The van der Waals surface area contributed by atoms with E-state index in [1.54, 1.807) is 6.92 Å². The second-order valence-electron chi connectivity index (χ2n) is 6.55. The van der Waals surface area contributed by atoms with Crippen molar-refractivity contribution >= 4 is 23.3 Å². The average molecular weight is 403 g/mol. The van der Waals surface area contributed by atoms with E-state index >= 15 is 0 Å². The van der Waals surface area contributed by atoms with E-state index in [0.29, 0.717) is 23.7 Å². The van der Waals surface area contributed by atoms with E-state index in [9.17, 15) is 4.79 Å². The molecule has 2 rings (SSSR count). The van der Waals surface area contributed by atoms with Gasteiger partial charge in [0.05, 0.1) is 18.3 Å². The van der Waals surface area contributed by atoms with Gasteiger partial charge >= 0.3 is 5.97 Å². The van der Waals surface area contributed by atoms with Crippen molar-refractivity contribution in [3.63, 3.8) is 0 Å². The van der Waals surface area contributed by atoms with Gasteiger partial charge in [-0.2, -0.15) is 0 Å². The van der Waals surface area contributed by atoms with Crippen LogP contribution in [0.15, 0.2) is 29.3 Å². The van der Waals surface area contributed by atoms with Gasteiger partial charge in [0.15, 0.2) is 5.96 Å². The Balaban J connectivity index is 2.01. The van der Waals surface area contributed by atoms with Crippen molar-refractivity contribution < 1.29 is 9.53 Å². The summed E-state index contributed by atoms with van der Waals surface area (Å²) in [5.41, 5.74) is 3.23. The Morgan fingerprint density at radius 2 is 1.96 bits per heavy atom. The predicted molar refractivity (Wildman–Crippen MR) is 115 cm³/mol. The number of hydrogen-bond acceptors (Lipinski definition) is 5. The number of rotatable bonds is 8. The SMILES string of the molecule is CCNC(=NCCc1ccc(C)cc1)NC(C)c1nc(C)c(C(=O)OCC)s1. The quantitative estimate of drug-likeness (QED) is 0.399. The maximum absolute atomic E-state index is 12.0. The number of nitrogens with one attached hydrogen (secondary N) is 2. The van der Waals surface area contributed by atoms with Crippen LogP contribution in [0.1, 0.15) is 58.3 Å². The number of benzene rings is 1. The highest BCUT2D eigenvalue weighted by molar-refractivity contribution is 7.13. The Kier molecular flexibility index (Phi) is 8.44. The summed E-state index contributed by atoms with van der Waals surface area (Å²) in [5.74, 6) is 0.433. The molecule has 0 bridgehead atoms. The topological polar surface area (TPSA) is 75.6 Å². The Morgan fingerprint density at radius 3 is 2.61 bits per heavy atom. The number of ether oxygens (including phenoxy) is 1. The summed E-state index contributed by atoms with van der Waals surface area (Å²) in [6, 6.07) is 8.46. The number of thiazole rings is 1. The zero-order chi connectivity index (χ0) is 20.5. The third-order valence-electron chi connectivity index (χ3n) is 4.13. The molecule has 0 spiro atoms. The summed E-state index contributed by atoms with van der Waals surface area (Å²) in [6.07, 6.45) is 0.884. The van der Waals surface area contributed by atoms with Gasteiger partial charge in [-0.15, -0.1) is 11.3 Å². The fourth-order valence-corrected chi connectivity index (χ4v) is 3.59. The first kappa shape index (κ1) is 21.9. The van der Waals surface area contributed by atoms with E-state index in [4.69, 9.17) is 4.74 Å². The molecule has 0 radical (unpaired) electrons. The number of esters is 1. The van der Waals surface area contributed by atoms with Gasteiger partial charge in [-0.1, -0.05) is 29.8 Å². The van der Waals surface area contributed by atoms with Crippen LogP contribution < -0.4 is 10.6 Å². The molecule has 0 saturated heterocycles. The lowest BCUT2D eigenvalue weighted by molar-refractivity contribution is 0.0531. The lowest BCUT2D eigenvalue weighted by Crippen LogP contribution is -2.38. The number of nitrogens with zero attached hydrogens (tertiary/aromatic N) is 2. The minimum atomic E-state index is -0.311. The van der Waals surface area contributed by atoms with Crippen LogP contribution in [-0.2, 0) is 11.2 Å². The van der Waals surface area contributed by atoms with E-state index in [1.807, 2.05) is 20.8 Å². The van der Waals surface area contributed by atoms with Crippen molar-refractivity contribution in [2.75, 3.05) is 19.7 Å². The first-order chi connectivity index (χ1) is 13.4. The highest BCUT2D eigenvalue weighted by atomic mass is 32.1. The molecule has 0 fully saturated rings. The largest absolute Gasteiger partial charge is 0.462 e. The zero-order valence-electron chi connectivity index (χ0n) is 17.3. The fraction of sp³-hybridized carbons (Fsp3) is 0.476. The molecule has 1 unspecified atom stereocenters. The van der Waals surface area contributed by atoms with Gasteiger partial charge in [0.25, 0.3) is 0 Å². The molecule has 0 aliphatic heterocycles. The number of aryl methyl sites for hydroxylation is 2. The van der Waals surface area contributed by atoms with Crippen LogP contribution in [-0.4, -0.2) is 36.6 Å². The van der Waals surface area contributed by atoms with Gasteiger partial charge in [-0.25, -0.2) is 9.78 Å². The van der Waals surface area contributed by atoms with Crippen LogP contribution >= 0.6 is 11.3 Å². The average Bonchev–Trinajstić information content (AvgIpc) is 3.06. The molecule has 2 N–H and O–H groups in total. The van der Waals surface area contributed by atoms with Gasteiger partial charge in [0, 0.05) is 13.1 Å². The number of hydrogen-bond donors (Lipinski definition) is 2. The number of carbonyl (C=O) groups excluding carboxylic acids is 1. The third-order valence-corrected chi connectivity index (χ3v) is 5.45. The number of carbonyl (C=O) groups is 1. The maximum Gasteiger partial charge on any atom is 0.350 e. The predicted octanol–water partition coefficient (Wildman–Crippen LogP) is 3.80. The molecule has 1 aromatic carbocycles. The molecular weight excluding hydrogens is 372 g/mol. The first-order valence-corrected chi connectivity index (χ1v) is 10.5. The number of aromatic nitrogens is 1. The summed E-state index contributed by atoms with van der Waals surface area (Å²) in [5, 5.41) is 7.48. The van der Waals surface area contributed by atoms with Gasteiger partial charge in [0.1, 0.15) is 9.88 Å². The molecule has 0 aliphatic carbocycles. The Morgan fingerprint density at radius 1 is 1.25 bits per heavy atom. The van der Waals surface area contributed by atoms with Crippen molar-refractivity contribution in [3.8, 4) is 0 Å². The summed E-state index contributed by atoms with van der Waals surface area (Å²) in [6.45, 7) is 11.6. The normalized spacial score (nSPS) is 12.5. The number of guanidine groups is 1. The van der Waals surface area contributed by atoms with Crippen molar-refractivity contribution in [2.24, 2.45) is 4.99 Å². The van der Waals surface area contributed by atoms with Crippen LogP contribution in [0.5, 0.6) is 0 Å². The lowest BCUT2D eigenvalue weighted by Gasteiger charge is -2.16. The number of aliphatic imine (C=N–C) groups is 1. The minimum absolute atomic E-state index is 0.0657. The second-order valence-corrected chi connectivity index (χ2v) is 7.58. The molecule has 1 atom stereocenters. The van der Waals surface area contributed by atoms with E-state index < -0.39 is 0 Å². The minimum Gasteiger partial charge on any atom is -0.462 e. The first-order valence-electron chi connectivity index (χ1n) is 9.69. The smallest absolute Gasteiger partial charge is 0.350 e. The van der Waals surface area contributed by atoms with Crippen molar-refractivity contribution in [1.82, 2.24) is 15.6 Å². The van der Waals surface area contributed by atoms with E-state index in [-0.39, 0.29) is 12.0 Å². The third kappa shape index (κ3) is 6.34.